The Balaban J connectivity index is 2.18. The molecule has 2 aromatic carbocycles. The Morgan fingerprint density at radius 3 is 2.26 bits per heavy atom. The second-order valence-corrected chi connectivity index (χ2v) is 10.9. The summed E-state index contributed by atoms with van der Waals surface area (Å²) < 4.78 is 22.2. The number of unbranched alkanes of at least 4 members (excludes halogenated alkanes) is 2. The van der Waals surface area contributed by atoms with Gasteiger partial charge in [0.1, 0.15) is 5.75 Å². The Morgan fingerprint density at radius 2 is 1.68 bits per heavy atom. The van der Waals surface area contributed by atoms with Crippen molar-refractivity contribution in [1.29, 1.82) is 0 Å². The van der Waals surface area contributed by atoms with Crippen LogP contribution in [0.2, 0.25) is 6.04 Å². The fraction of sp³-hybridized carbons (Fsp3) is 0.458. The number of nitro groups is 1. The molecule has 0 bridgehead atoms. The minimum Gasteiger partial charge on any atom is -0.494 e. The van der Waals surface area contributed by atoms with Gasteiger partial charge in [0.25, 0.3) is 5.69 Å². The molecule has 9 nitrogen and oxygen atoms in total. The number of nitrogens with one attached hydrogen (secondary N) is 1. The van der Waals surface area contributed by atoms with Gasteiger partial charge in [-0.3, -0.25) is 14.9 Å². The summed E-state index contributed by atoms with van der Waals surface area (Å²) in [4.78, 5) is 23.0. The summed E-state index contributed by atoms with van der Waals surface area (Å²) in [5, 5.41) is 14.0. The molecule has 0 saturated carbocycles. The maximum Gasteiger partial charge on any atom is 0.500 e. The molecule has 1 amide bonds. The zero-order chi connectivity index (χ0) is 25.0. The van der Waals surface area contributed by atoms with Crippen LogP contribution in [0.3, 0.4) is 0 Å². The summed E-state index contributed by atoms with van der Waals surface area (Å²) in [5.41, 5.74) is 2.10. The molecule has 0 fully saturated rings. The topological polar surface area (TPSA) is 109 Å². The van der Waals surface area contributed by atoms with Gasteiger partial charge in [0.05, 0.1) is 11.5 Å². The molecule has 2 aromatic rings. The smallest absolute Gasteiger partial charge is 0.494 e. The van der Waals surface area contributed by atoms with Crippen molar-refractivity contribution in [2.75, 3.05) is 33.3 Å². The lowest BCUT2D eigenvalue weighted by atomic mass is 10.0. The summed E-state index contributed by atoms with van der Waals surface area (Å²) in [6.45, 7) is 2.51. The van der Waals surface area contributed by atoms with E-state index in [0.29, 0.717) is 36.9 Å². The van der Waals surface area contributed by atoms with Gasteiger partial charge in [-0.1, -0.05) is 19.8 Å². The highest BCUT2D eigenvalue weighted by Gasteiger charge is 2.36. The van der Waals surface area contributed by atoms with Gasteiger partial charge < -0.3 is 23.3 Å². The second kappa shape index (κ2) is 13.8. The third-order valence-corrected chi connectivity index (χ3v) is 8.32. The summed E-state index contributed by atoms with van der Waals surface area (Å²) >= 11 is 0. The standard InChI is InChI=1S/C24H34N2O7Si/c1-5-6-7-9-24(27)25-23-15-14-21(33-16-8-17-34(30-2,31-3)32-4)18-22(23)19-10-12-20(13-11-19)26(28)29/h10-15,18H,5-9,16-17H2,1-4H3,(H,25,27). The number of amides is 1. The van der Waals surface area contributed by atoms with Gasteiger partial charge in [-0.2, -0.15) is 0 Å². The lowest BCUT2D eigenvalue weighted by molar-refractivity contribution is -0.384. The quantitative estimate of drug-likeness (QED) is 0.153. The molecule has 0 aliphatic carbocycles. The number of nitro benzene ring substituents is 1. The Morgan fingerprint density at radius 1 is 1.00 bits per heavy atom. The van der Waals surface area contributed by atoms with E-state index in [4.69, 9.17) is 18.0 Å². The van der Waals surface area contributed by atoms with E-state index in [2.05, 4.69) is 12.2 Å². The lowest BCUT2D eigenvalue weighted by Crippen LogP contribution is -2.42. The molecule has 2 rings (SSSR count). The van der Waals surface area contributed by atoms with Crippen LogP contribution in [0.25, 0.3) is 11.1 Å². The molecule has 1 N–H and O–H groups in total. The molecule has 0 saturated heterocycles. The molecule has 0 radical (unpaired) electrons. The normalized spacial score (nSPS) is 11.3. The number of nitrogens with zero attached hydrogens (tertiary/aromatic N) is 1. The Labute approximate surface area is 201 Å². The fourth-order valence-corrected chi connectivity index (χ4v) is 5.20. The number of carbonyl (C=O) groups is 1. The van der Waals surface area contributed by atoms with Crippen molar-refractivity contribution in [3.8, 4) is 16.9 Å². The van der Waals surface area contributed by atoms with Crippen molar-refractivity contribution < 1.29 is 27.7 Å². The molecule has 0 heterocycles. The van der Waals surface area contributed by atoms with Crippen LogP contribution in [-0.2, 0) is 18.1 Å². The predicted octanol–water partition coefficient (Wildman–Crippen LogP) is 5.43. The fourth-order valence-electron chi connectivity index (χ4n) is 3.51. The van der Waals surface area contributed by atoms with E-state index >= 15 is 0 Å². The van der Waals surface area contributed by atoms with Crippen LogP contribution in [-0.4, -0.2) is 47.6 Å². The van der Waals surface area contributed by atoms with E-state index in [1.54, 1.807) is 45.6 Å². The average Bonchev–Trinajstić information content (AvgIpc) is 2.85. The monoisotopic (exact) mass is 490 g/mol. The molecule has 0 spiro atoms. The first kappa shape index (κ1) is 27.5. The molecule has 0 aliphatic rings. The average molecular weight is 491 g/mol. The van der Waals surface area contributed by atoms with Gasteiger partial charge in [0.15, 0.2) is 0 Å². The van der Waals surface area contributed by atoms with Crippen LogP contribution >= 0.6 is 0 Å². The number of ether oxygens (including phenoxy) is 1. The van der Waals surface area contributed by atoms with Crippen LogP contribution in [0.4, 0.5) is 11.4 Å². The Hall–Kier alpha value is -2.79. The number of benzene rings is 2. The van der Waals surface area contributed by atoms with E-state index in [0.717, 1.165) is 30.4 Å². The van der Waals surface area contributed by atoms with Crippen LogP contribution < -0.4 is 10.1 Å². The highest BCUT2D eigenvalue weighted by Crippen LogP contribution is 2.33. The number of hydrogen-bond acceptors (Lipinski definition) is 7. The van der Waals surface area contributed by atoms with Gasteiger partial charge in [-0.15, -0.1) is 0 Å². The van der Waals surface area contributed by atoms with Crippen molar-refractivity contribution in [2.24, 2.45) is 0 Å². The maximum atomic E-state index is 12.4. The first-order valence-corrected chi connectivity index (χ1v) is 13.3. The van der Waals surface area contributed by atoms with Gasteiger partial charge in [0, 0.05) is 57.2 Å². The number of carbonyl (C=O) groups excluding carboxylic acids is 1. The van der Waals surface area contributed by atoms with Crippen LogP contribution in [0.15, 0.2) is 42.5 Å². The van der Waals surface area contributed by atoms with Gasteiger partial charge in [-0.25, -0.2) is 0 Å². The van der Waals surface area contributed by atoms with Gasteiger partial charge in [0.2, 0.25) is 5.91 Å². The first-order valence-electron chi connectivity index (χ1n) is 11.3. The molecule has 10 heteroatoms. The second-order valence-electron chi connectivity index (χ2n) is 7.76. The SMILES string of the molecule is CCCCCC(=O)Nc1ccc(OCCC[Si](OC)(OC)OC)cc1-c1ccc([N+](=O)[O-])cc1. The highest BCUT2D eigenvalue weighted by molar-refractivity contribution is 6.60. The summed E-state index contributed by atoms with van der Waals surface area (Å²) in [5.74, 6) is 0.558. The highest BCUT2D eigenvalue weighted by atomic mass is 28.4. The van der Waals surface area contributed by atoms with E-state index in [1.165, 1.54) is 12.1 Å². The summed E-state index contributed by atoms with van der Waals surface area (Å²) in [7, 11) is 2.07. The molecular weight excluding hydrogens is 456 g/mol. The molecule has 0 aromatic heterocycles. The zero-order valence-corrected chi connectivity index (χ0v) is 21.3. The van der Waals surface area contributed by atoms with Crippen LogP contribution in [0, 0.1) is 10.1 Å². The van der Waals surface area contributed by atoms with Crippen molar-refractivity contribution in [2.45, 2.75) is 45.1 Å². The molecule has 0 aliphatic heterocycles. The van der Waals surface area contributed by atoms with Gasteiger partial charge in [-0.05, 0) is 48.7 Å². The summed E-state index contributed by atoms with van der Waals surface area (Å²) in [6, 6.07) is 12.3. The van der Waals surface area contributed by atoms with E-state index < -0.39 is 13.7 Å². The molecule has 186 valence electrons. The zero-order valence-electron chi connectivity index (χ0n) is 20.3. The number of anilines is 1. The molecule has 0 atom stereocenters. The Bertz CT molecular complexity index is 925. The minimum atomic E-state index is -2.66. The number of non-ortho nitro benzene ring substituents is 1. The third kappa shape index (κ3) is 7.91. The first-order chi connectivity index (χ1) is 16.4. The van der Waals surface area contributed by atoms with E-state index in [1.807, 2.05) is 6.07 Å². The van der Waals surface area contributed by atoms with Crippen molar-refractivity contribution in [3.05, 3.63) is 52.6 Å². The minimum absolute atomic E-state index is 0.00313. The largest absolute Gasteiger partial charge is 0.500 e. The lowest BCUT2D eigenvalue weighted by Gasteiger charge is -2.24. The number of hydrogen-bond donors (Lipinski definition) is 1. The maximum absolute atomic E-state index is 12.4. The van der Waals surface area contributed by atoms with E-state index in [9.17, 15) is 14.9 Å². The van der Waals surface area contributed by atoms with Gasteiger partial charge >= 0.3 is 8.80 Å². The molecular formula is C24H34N2O7Si. The van der Waals surface area contributed by atoms with Crippen LogP contribution in [0.1, 0.15) is 39.0 Å². The van der Waals surface area contributed by atoms with Crippen molar-refractivity contribution >= 4 is 26.1 Å². The van der Waals surface area contributed by atoms with Crippen LogP contribution in [0.5, 0.6) is 5.75 Å². The molecule has 34 heavy (non-hydrogen) atoms. The van der Waals surface area contributed by atoms with Crippen molar-refractivity contribution in [3.63, 3.8) is 0 Å². The predicted molar refractivity (Wildman–Crippen MR) is 133 cm³/mol. The summed E-state index contributed by atoms with van der Waals surface area (Å²) in [6.07, 6.45) is 3.97. The third-order valence-electron chi connectivity index (χ3n) is 5.49. The van der Waals surface area contributed by atoms with E-state index in [-0.39, 0.29) is 11.6 Å². The Kier molecular flexibility index (Phi) is 11.1. The molecule has 0 unspecified atom stereocenters. The number of rotatable bonds is 15. The van der Waals surface area contributed by atoms with Crippen molar-refractivity contribution in [1.82, 2.24) is 0 Å².